The second kappa shape index (κ2) is 6.58. The van der Waals surface area contributed by atoms with Crippen LogP contribution in [0.3, 0.4) is 0 Å². The third kappa shape index (κ3) is 2.79. The first-order chi connectivity index (χ1) is 13.0. The molecule has 0 spiro atoms. The molecule has 0 radical (unpaired) electrons. The van der Waals surface area contributed by atoms with Crippen molar-refractivity contribution >= 4 is 17.6 Å². The predicted octanol–water partition coefficient (Wildman–Crippen LogP) is 4.31. The van der Waals surface area contributed by atoms with E-state index in [0.717, 1.165) is 28.8 Å². The number of nitrogens with one attached hydrogen (secondary N) is 1. The summed E-state index contributed by atoms with van der Waals surface area (Å²) in [5.74, 6) is -0.864. The van der Waals surface area contributed by atoms with Crippen LogP contribution in [0.1, 0.15) is 55.8 Å². The highest BCUT2D eigenvalue weighted by atomic mass is 16.5. The summed E-state index contributed by atoms with van der Waals surface area (Å²) in [4.78, 5) is 23.4. The Bertz CT molecular complexity index is 946. The van der Waals surface area contributed by atoms with Gasteiger partial charge in [0.2, 0.25) is 0 Å². The standard InChI is InChI=1S/C22H21NO4/c1-12-6-11-17(22(26)27-2)18-15-4-3-5-16(15)20(23-19(12)18)13-7-9-14(10-8-13)21(24)25/h3-4,6-11,15-16,20,23H,5H2,1-2H3,(H,24,25)/t15-,16+,20+/m0/s1. The van der Waals surface area contributed by atoms with Gasteiger partial charge in [0.15, 0.2) is 0 Å². The molecule has 0 aromatic heterocycles. The van der Waals surface area contributed by atoms with Gasteiger partial charge in [-0.2, -0.15) is 0 Å². The summed E-state index contributed by atoms with van der Waals surface area (Å²) in [5, 5.41) is 12.8. The second-order valence-electron chi connectivity index (χ2n) is 7.11. The molecular formula is C22H21NO4. The molecule has 27 heavy (non-hydrogen) atoms. The minimum atomic E-state index is -0.928. The number of rotatable bonds is 3. The summed E-state index contributed by atoms with van der Waals surface area (Å²) in [5.41, 5.74) is 4.97. The Hall–Kier alpha value is -3.08. The molecule has 1 heterocycles. The minimum Gasteiger partial charge on any atom is -0.478 e. The number of carbonyl (C=O) groups excluding carboxylic acids is 1. The molecule has 2 N–H and O–H groups in total. The van der Waals surface area contributed by atoms with Crippen LogP contribution in [0.15, 0.2) is 48.6 Å². The van der Waals surface area contributed by atoms with Crippen molar-refractivity contribution in [2.45, 2.75) is 25.3 Å². The van der Waals surface area contributed by atoms with Crippen LogP contribution in [0.4, 0.5) is 5.69 Å². The van der Waals surface area contributed by atoms with Crippen LogP contribution in [0.2, 0.25) is 0 Å². The Balaban J connectivity index is 1.80. The van der Waals surface area contributed by atoms with Gasteiger partial charge in [0.1, 0.15) is 0 Å². The van der Waals surface area contributed by atoms with Gasteiger partial charge in [-0.05, 0) is 54.2 Å². The van der Waals surface area contributed by atoms with Crippen LogP contribution in [0.25, 0.3) is 0 Å². The lowest BCUT2D eigenvalue weighted by atomic mass is 9.74. The van der Waals surface area contributed by atoms with Crippen molar-refractivity contribution in [3.8, 4) is 0 Å². The molecule has 2 aromatic rings. The predicted molar refractivity (Wildman–Crippen MR) is 102 cm³/mol. The number of anilines is 1. The molecule has 0 saturated heterocycles. The number of allylic oxidation sites excluding steroid dienone is 2. The topological polar surface area (TPSA) is 75.6 Å². The number of hydrogen-bond acceptors (Lipinski definition) is 4. The van der Waals surface area contributed by atoms with Crippen molar-refractivity contribution in [2.24, 2.45) is 5.92 Å². The maximum atomic E-state index is 12.3. The maximum absolute atomic E-state index is 12.3. The Morgan fingerprint density at radius 2 is 1.89 bits per heavy atom. The number of aryl methyl sites for hydroxylation is 1. The van der Waals surface area contributed by atoms with E-state index in [1.807, 2.05) is 31.2 Å². The third-order valence-corrected chi connectivity index (χ3v) is 5.65. The molecule has 2 aliphatic rings. The summed E-state index contributed by atoms with van der Waals surface area (Å²) in [6.45, 7) is 2.02. The van der Waals surface area contributed by atoms with Gasteiger partial charge < -0.3 is 15.2 Å². The van der Waals surface area contributed by atoms with Crippen LogP contribution in [-0.2, 0) is 4.74 Å². The number of benzene rings is 2. The molecule has 0 unspecified atom stereocenters. The number of hydrogen-bond donors (Lipinski definition) is 2. The Labute approximate surface area is 157 Å². The number of methoxy groups -OCH3 is 1. The fraction of sp³-hybridized carbons (Fsp3) is 0.273. The smallest absolute Gasteiger partial charge is 0.338 e. The lowest BCUT2D eigenvalue weighted by molar-refractivity contribution is 0.0597. The summed E-state index contributed by atoms with van der Waals surface area (Å²) in [6.07, 6.45) is 5.24. The van der Waals surface area contributed by atoms with Crippen molar-refractivity contribution in [2.75, 3.05) is 12.4 Å². The monoisotopic (exact) mass is 363 g/mol. The number of esters is 1. The lowest BCUT2D eigenvalue weighted by Gasteiger charge is -2.39. The van der Waals surface area contributed by atoms with Gasteiger partial charge in [0.25, 0.3) is 0 Å². The molecule has 0 fully saturated rings. The third-order valence-electron chi connectivity index (χ3n) is 5.65. The number of carboxylic acid groups (broad SMARTS) is 1. The van der Waals surface area contributed by atoms with Crippen LogP contribution >= 0.6 is 0 Å². The highest BCUT2D eigenvalue weighted by Crippen LogP contribution is 2.51. The van der Waals surface area contributed by atoms with Crippen LogP contribution in [0.5, 0.6) is 0 Å². The van der Waals surface area contributed by atoms with Crippen LogP contribution in [-0.4, -0.2) is 24.2 Å². The molecule has 5 nitrogen and oxygen atoms in total. The van der Waals surface area contributed by atoms with E-state index in [-0.39, 0.29) is 29.4 Å². The van der Waals surface area contributed by atoms with E-state index in [0.29, 0.717) is 5.56 Å². The highest BCUT2D eigenvalue weighted by molar-refractivity contribution is 5.94. The van der Waals surface area contributed by atoms with E-state index in [4.69, 9.17) is 9.84 Å². The van der Waals surface area contributed by atoms with Crippen molar-refractivity contribution in [1.82, 2.24) is 0 Å². The minimum absolute atomic E-state index is 0.0481. The van der Waals surface area contributed by atoms with Gasteiger partial charge >= 0.3 is 11.9 Å². The zero-order valence-corrected chi connectivity index (χ0v) is 15.2. The van der Waals surface area contributed by atoms with Gasteiger partial charge in [-0.15, -0.1) is 0 Å². The number of carbonyl (C=O) groups is 2. The zero-order valence-electron chi connectivity index (χ0n) is 15.2. The molecule has 1 aliphatic carbocycles. The van der Waals surface area contributed by atoms with Crippen molar-refractivity contribution in [3.63, 3.8) is 0 Å². The summed E-state index contributed by atoms with van der Waals surface area (Å²) in [7, 11) is 1.40. The lowest BCUT2D eigenvalue weighted by Crippen LogP contribution is -2.31. The van der Waals surface area contributed by atoms with Gasteiger partial charge in [0, 0.05) is 11.6 Å². The first-order valence-corrected chi connectivity index (χ1v) is 8.99. The molecule has 138 valence electrons. The van der Waals surface area contributed by atoms with Gasteiger partial charge in [-0.25, -0.2) is 9.59 Å². The number of fused-ring (bicyclic) bond motifs is 3. The van der Waals surface area contributed by atoms with E-state index in [1.165, 1.54) is 7.11 Å². The van der Waals surface area contributed by atoms with Gasteiger partial charge in [0.05, 0.1) is 24.3 Å². The van der Waals surface area contributed by atoms with E-state index >= 15 is 0 Å². The molecule has 4 rings (SSSR count). The normalized spacial score (nSPS) is 22.5. The first-order valence-electron chi connectivity index (χ1n) is 8.99. The zero-order chi connectivity index (χ0) is 19.1. The van der Waals surface area contributed by atoms with Crippen LogP contribution in [0, 0.1) is 12.8 Å². The summed E-state index contributed by atoms with van der Waals surface area (Å²) in [6, 6.07) is 10.9. The highest BCUT2D eigenvalue weighted by Gasteiger charge is 2.40. The summed E-state index contributed by atoms with van der Waals surface area (Å²) >= 11 is 0. The molecule has 0 saturated carbocycles. The molecule has 0 amide bonds. The number of ether oxygens (including phenoxy) is 1. The SMILES string of the molecule is COC(=O)c1ccc(C)c2c1[C@H]1C=CC[C@H]1[C@@H](c1ccc(C(=O)O)cc1)N2. The fourth-order valence-corrected chi connectivity index (χ4v) is 4.31. The quantitative estimate of drug-likeness (QED) is 0.628. The van der Waals surface area contributed by atoms with E-state index in [2.05, 4.69) is 17.5 Å². The van der Waals surface area contributed by atoms with E-state index in [9.17, 15) is 9.59 Å². The van der Waals surface area contributed by atoms with E-state index in [1.54, 1.807) is 12.1 Å². The first kappa shape index (κ1) is 17.3. The second-order valence-corrected chi connectivity index (χ2v) is 7.11. The Morgan fingerprint density at radius 1 is 1.15 bits per heavy atom. The summed E-state index contributed by atoms with van der Waals surface area (Å²) < 4.78 is 4.99. The number of carboxylic acids is 1. The largest absolute Gasteiger partial charge is 0.478 e. The Morgan fingerprint density at radius 3 is 2.56 bits per heavy atom. The molecule has 0 bridgehead atoms. The van der Waals surface area contributed by atoms with Gasteiger partial charge in [-0.1, -0.05) is 30.4 Å². The molecule has 1 aliphatic heterocycles. The van der Waals surface area contributed by atoms with Gasteiger partial charge in [-0.3, -0.25) is 0 Å². The molecule has 5 heteroatoms. The molecular weight excluding hydrogens is 342 g/mol. The average molecular weight is 363 g/mol. The fourth-order valence-electron chi connectivity index (χ4n) is 4.31. The Kier molecular flexibility index (Phi) is 4.22. The average Bonchev–Trinajstić information content (AvgIpc) is 3.17. The van der Waals surface area contributed by atoms with Crippen LogP contribution < -0.4 is 5.32 Å². The maximum Gasteiger partial charge on any atom is 0.338 e. The van der Waals surface area contributed by atoms with Crippen molar-refractivity contribution in [3.05, 3.63) is 76.4 Å². The van der Waals surface area contributed by atoms with E-state index < -0.39 is 5.97 Å². The molecule has 2 aromatic carbocycles. The van der Waals surface area contributed by atoms with Crippen molar-refractivity contribution in [1.29, 1.82) is 0 Å². The van der Waals surface area contributed by atoms with Crippen molar-refractivity contribution < 1.29 is 19.4 Å². The number of aromatic carboxylic acids is 1. The molecule has 3 atom stereocenters.